The topological polar surface area (TPSA) is 70.1 Å². The number of nitrogens with zero attached hydrogens (tertiary/aromatic N) is 2. The molecule has 1 aliphatic rings. The quantitative estimate of drug-likeness (QED) is 0.259. The van der Waals surface area contributed by atoms with Gasteiger partial charge in [-0.3, -0.25) is 9.59 Å². The first-order valence-corrected chi connectivity index (χ1v) is 12.1. The fourth-order valence-electron chi connectivity index (χ4n) is 4.24. The van der Waals surface area contributed by atoms with E-state index in [4.69, 9.17) is 16.3 Å². The highest BCUT2D eigenvalue weighted by Crippen LogP contribution is 2.40. The van der Waals surface area contributed by atoms with Gasteiger partial charge in [-0.25, -0.2) is 0 Å². The van der Waals surface area contributed by atoms with Crippen molar-refractivity contribution in [3.63, 3.8) is 0 Å². The Morgan fingerprint density at radius 1 is 1.03 bits per heavy atom. The number of hydrogen-bond acceptors (Lipinski definition) is 5. The number of benzene rings is 3. The van der Waals surface area contributed by atoms with E-state index >= 15 is 0 Å². The number of Topliss-reactive ketones (excluding diaryl/α,β-unsaturated/α-hetero) is 1. The second-order valence-electron chi connectivity index (χ2n) is 9.09. The summed E-state index contributed by atoms with van der Waals surface area (Å²) in [6.07, 6.45) is 0. The summed E-state index contributed by atoms with van der Waals surface area (Å²) in [5, 5.41) is 11.7. The third kappa shape index (κ3) is 5.45. The van der Waals surface area contributed by atoms with Crippen molar-refractivity contribution in [2.75, 3.05) is 27.2 Å². The Labute approximate surface area is 216 Å². The number of amides is 1. The lowest BCUT2D eigenvalue weighted by atomic mass is 9.95. The molecule has 6 nitrogen and oxygen atoms in total. The van der Waals surface area contributed by atoms with Crippen LogP contribution in [0.1, 0.15) is 28.3 Å². The molecule has 1 amide bonds. The molecule has 36 heavy (non-hydrogen) atoms. The van der Waals surface area contributed by atoms with Gasteiger partial charge in [0.1, 0.15) is 18.1 Å². The molecule has 1 heterocycles. The summed E-state index contributed by atoms with van der Waals surface area (Å²) in [6.45, 7) is 3.35. The number of carbonyl (C=O) groups excluding carboxylic acids is 2. The van der Waals surface area contributed by atoms with Gasteiger partial charge in [-0.1, -0.05) is 48.0 Å². The Kier molecular flexibility index (Phi) is 7.77. The molecule has 0 aromatic heterocycles. The fraction of sp³-hybridized carbons (Fsp3) is 0.241. The lowest BCUT2D eigenvalue weighted by molar-refractivity contribution is -0.140. The van der Waals surface area contributed by atoms with Gasteiger partial charge >= 0.3 is 0 Å². The average molecular weight is 505 g/mol. The standard InChI is InChI=1S/C29H29ClN2O4/c1-19-7-4-5-8-22(19)18-36-24-13-11-20(12-14-24)27(33)25-26(21-9-6-10-23(30)17-21)32(16-15-31(2)3)29(35)28(25)34/h4-14,17,26,33H,15-16,18H2,1-3H3. The van der Waals surface area contributed by atoms with Crippen LogP contribution in [0.2, 0.25) is 5.02 Å². The summed E-state index contributed by atoms with van der Waals surface area (Å²) >= 11 is 6.23. The Morgan fingerprint density at radius 2 is 1.75 bits per heavy atom. The minimum atomic E-state index is -0.736. The van der Waals surface area contributed by atoms with Crippen LogP contribution in [0.5, 0.6) is 5.75 Å². The zero-order valence-electron chi connectivity index (χ0n) is 20.6. The maximum atomic E-state index is 13.1. The maximum absolute atomic E-state index is 13.1. The van der Waals surface area contributed by atoms with E-state index < -0.39 is 17.7 Å². The summed E-state index contributed by atoms with van der Waals surface area (Å²) < 4.78 is 5.90. The van der Waals surface area contributed by atoms with Crippen LogP contribution < -0.4 is 4.74 Å². The summed E-state index contributed by atoms with van der Waals surface area (Å²) in [6, 6.07) is 21.1. The highest BCUT2D eigenvalue weighted by atomic mass is 35.5. The van der Waals surface area contributed by atoms with Crippen molar-refractivity contribution in [1.29, 1.82) is 0 Å². The van der Waals surface area contributed by atoms with Crippen LogP contribution in [0.4, 0.5) is 0 Å². The molecular formula is C29H29ClN2O4. The van der Waals surface area contributed by atoms with Crippen molar-refractivity contribution in [3.05, 3.63) is 106 Å². The Morgan fingerprint density at radius 3 is 2.42 bits per heavy atom. The van der Waals surface area contributed by atoms with Gasteiger partial charge in [0.25, 0.3) is 11.7 Å². The highest BCUT2D eigenvalue weighted by molar-refractivity contribution is 6.46. The number of likely N-dealkylation sites (tertiary alicyclic amines) is 1. The number of aryl methyl sites for hydroxylation is 1. The molecule has 1 atom stereocenters. The predicted molar refractivity (Wildman–Crippen MR) is 141 cm³/mol. The second-order valence-corrected chi connectivity index (χ2v) is 9.53. The Bertz CT molecular complexity index is 1300. The van der Waals surface area contributed by atoms with E-state index in [-0.39, 0.29) is 11.3 Å². The van der Waals surface area contributed by atoms with Crippen LogP contribution in [0.15, 0.2) is 78.4 Å². The number of ether oxygens (including phenoxy) is 1. The van der Waals surface area contributed by atoms with E-state index in [9.17, 15) is 14.7 Å². The largest absolute Gasteiger partial charge is 0.507 e. The lowest BCUT2D eigenvalue weighted by Crippen LogP contribution is -2.35. The molecule has 1 N–H and O–H groups in total. The van der Waals surface area contributed by atoms with Crippen LogP contribution in [0, 0.1) is 6.92 Å². The molecule has 186 valence electrons. The third-order valence-electron chi connectivity index (χ3n) is 6.28. The molecule has 0 spiro atoms. The van der Waals surface area contributed by atoms with Crippen LogP contribution in [-0.2, 0) is 16.2 Å². The molecule has 1 aliphatic heterocycles. The van der Waals surface area contributed by atoms with Crippen LogP contribution >= 0.6 is 11.6 Å². The van der Waals surface area contributed by atoms with Gasteiger partial charge in [-0.15, -0.1) is 0 Å². The van der Waals surface area contributed by atoms with Crippen molar-refractivity contribution in [2.24, 2.45) is 0 Å². The summed E-state index contributed by atoms with van der Waals surface area (Å²) in [4.78, 5) is 29.5. The zero-order chi connectivity index (χ0) is 25.8. The summed E-state index contributed by atoms with van der Waals surface area (Å²) in [7, 11) is 3.79. The Balaban J connectivity index is 1.65. The van der Waals surface area contributed by atoms with Crippen molar-refractivity contribution in [3.8, 4) is 5.75 Å². The summed E-state index contributed by atoms with van der Waals surface area (Å²) in [5.74, 6) is -0.943. The number of aliphatic hydroxyl groups is 1. The first kappa shape index (κ1) is 25.5. The Hall–Kier alpha value is -3.61. The molecule has 0 aliphatic carbocycles. The van der Waals surface area contributed by atoms with Gasteiger partial charge in [-0.2, -0.15) is 0 Å². The van der Waals surface area contributed by atoms with Crippen molar-refractivity contribution in [2.45, 2.75) is 19.6 Å². The number of ketones is 1. The molecule has 7 heteroatoms. The van der Waals surface area contributed by atoms with Crippen molar-refractivity contribution in [1.82, 2.24) is 9.80 Å². The molecule has 0 bridgehead atoms. The van der Waals surface area contributed by atoms with Crippen LogP contribution in [0.25, 0.3) is 5.76 Å². The van der Waals surface area contributed by atoms with Crippen LogP contribution in [0.3, 0.4) is 0 Å². The molecule has 4 rings (SSSR count). The maximum Gasteiger partial charge on any atom is 0.295 e. The highest BCUT2D eigenvalue weighted by Gasteiger charge is 2.45. The van der Waals surface area contributed by atoms with E-state index in [1.54, 1.807) is 48.5 Å². The monoisotopic (exact) mass is 504 g/mol. The first-order valence-electron chi connectivity index (χ1n) is 11.7. The smallest absolute Gasteiger partial charge is 0.295 e. The van der Waals surface area contributed by atoms with Crippen molar-refractivity contribution < 1.29 is 19.4 Å². The number of hydrogen-bond donors (Lipinski definition) is 1. The normalized spacial score (nSPS) is 17.1. The SMILES string of the molecule is Cc1ccccc1COc1ccc(C(O)=C2C(=O)C(=O)N(CCN(C)C)C2c2cccc(Cl)c2)cc1. The van der Waals surface area contributed by atoms with Gasteiger partial charge < -0.3 is 19.6 Å². The number of aliphatic hydroxyl groups excluding tert-OH is 1. The molecule has 1 saturated heterocycles. The average Bonchev–Trinajstić information content (AvgIpc) is 3.12. The number of likely N-dealkylation sites (N-methyl/N-ethyl adjacent to an activating group) is 1. The minimum absolute atomic E-state index is 0.0506. The zero-order valence-corrected chi connectivity index (χ0v) is 21.3. The third-order valence-corrected chi connectivity index (χ3v) is 6.51. The molecule has 0 radical (unpaired) electrons. The molecule has 0 saturated carbocycles. The second kappa shape index (κ2) is 11.0. The number of rotatable bonds is 8. The van der Waals surface area contributed by atoms with Crippen LogP contribution in [-0.4, -0.2) is 53.8 Å². The fourth-order valence-corrected chi connectivity index (χ4v) is 4.44. The van der Waals surface area contributed by atoms with E-state index in [0.717, 1.165) is 11.1 Å². The van der Waals surface area contributed by atoms with Gasteiger partial charge in [0.15, 0.2) is 0 Å². The molecule has 1 fully saturated rings. The van der Waals surface area contributed by atoms with Gasteiger partial charge in [0.05, 0.1) is 11.6 Å². The van der Waals surface area contributed by atoms with Gasteiger partial charge in [-0.05, 0) is 74.1 Å². The van der Waals surface area contributed by atoms with E-state index in [1.807, 2.05) is 50.2 Å². The van der Waals surface area contributed by atoms with E-state index in [2.05, 4.69) is 0 Å². The molecule has 3 aromatic rings. The number of carbonyl (C=O) groups is 2. The predicted octanol–water partition coefficient (Wildman–Crippen LogP) is 5.21. The van der Waals surface area contributed by atoms with Gasteiger partial charge in [0, 0.05) is 23.7 Å². The first-order chi connectivity index (χ1) is 17.3. The lowest BCUT2D eigenvalue weighted by Gasteiger charge is -2.26. The number of halogens is 1. The molecular weight excluding hydrogens is 476 g/mol. The van der Waals surface area contributed by atoms with Crippen molar-refractivity contribution >= 4 is 29.1 Å². The minimum Gasteiger partial charge on any atom is -0.507 e. The van der Waals surface area contributed by atoms with Gasteiger partial charge in [0.2, 0.25) is 0 Å². The molecule has 1 unspecified atom stereocenters. The summed E-state index contributed by atoms with van der Waals surface area (Å²) in [5.41, 5.74) is 3.38. The van der Waals surface area contributed by atoms with E-state index in [0.29, 0.717) is 41.6 Å². The van der Waals surface area contributed by atoms with E-state index in [1.165, 1.54) is 4.90 Å². The molecule has 3 aromatic carbocycles.